The van der Waals surface area contributed by atoms with Crippen LogP contribution in [-0.4, -0.2) is 15.0 Å². The summed E-state index contributed by atoms with van der Waals surface area (Å²) < 4.78 is 11.1. The molecule has 0 atom stereocenters. The monoisotopic (exact) mass is 368 g/mol. The fourth-order valence-corrected chi connectivity index (χ4v) is 2.22. The molecule has 9 heteroatoms. The maximum absolute atomic E-state index is 10.7. The first-order valence-corrected chi connectivity index (χ1v) is 7.59. The van der Waals surface area contributed by atoms with Gasteiger partial charge < -0.3 is 14.6 Å². The first kappa shape index (κ1) is 17.7. The molecule has 0 unspecified atom stereocenters. The second-order valence-corrected chi connectivity index (χ2v) is 5.37. The van der Waals surface area contributed by atoms with Gasteiger partial charge in [-0.15, -0.1) is 0 Å². The third-order valence-corrected chi connectivity index (χ3v) is 3.43. The highest BCUT2D eigenvalue weighted by atomic mass is 16.6. The fraction of sp³-hybridized carbons (Fsp3) is 0. The van der Waals surface area contributed by atoms with Crippen molar-refractivity contribution in [1.29, 1.82) is 0 Å². The molecule has 0 aromatic heterocycles. The van der Waals surface area contributed by atoms with E-state index in [0.29, 0.717) is 11.5 Å². The Morgan fingerprint density at radius 2 is 1.00 bits per heavy atom. The van der Waals surface area contributed by atoms with Gasteiger partial charge in [-0.2, -0.15) is 0 Å². The van der Waals surface area contributed by atoms with E-state index >= 15 is 0 Å². The molecule has 0 amide bonds. The maximum Gasteiger partial charge on any atom is 0.269 e. The van der Waals surface area contributed by atoms with E-state index in [1.165, 1.54) is 66.7 Å². The summed E-state index contributed by atoms with van der Waals surface area (Å²) in [5.74, 6) is 1.06. The lowest BCUT2D eigenvalue weighted by molar-refractivity contribution is -0.385. The molecule has 0 aliphatic heterocycles. The lowest BCUT2D eigenvalue weighted by atomic mass is 10.2. The van der Waals surface area contributed by atoms with Crippen LogP contribution in [0.4, 0.5) is 11.4 Å². The average molecular weight is 368 g/mol. The van der Waals surface area contributed by atoms with Gasteiger partial charge >= 0.3 is 0 Å². The highest BCUT2D eigenvalue weighted by Gasteiger charge is 2.09. The van der Waals surface area contributed by atoms with E-state index in [4.69, 9.17) is 9.47 Å². The number of nitro benzene ring substituents is 2. The fourth-order valence-electron chi connectivity index (χ4n) is 2.22. The predicted octanol–water partition coefficient (Wildman–Crippen LogP) is 4.79. The van der Waals surface area contributed by atoms with E-state index in [9.17, 15) is 25.3 Å². The van der Waals surface area contributed by atoms with Crippen LogP contribution in [0.1, 0.15) is 0 Å². The second-order valence-electron chi connectivity index (χ2n) is 5.37. The van der Waals surface area contributed by atoms with Crippen molar-refractivity contribution in [2.75, 3.05) is 0 Å². The molecule has 3 aromatic carbocycles. The van der Waals surface area contributed by atoms with Crippen LogP contribution in [0, 0.1) is 20.2 Å². The molecule has 0 aliphatic rings. The summed E-state index contributed by atoms with van der Waals surface area (Å²) in [5.41, 5.74) is -0.138. The van der Waals surface area contributed by atoms with Crippen molar-refractivity contribution in [3.63, 3.8) is 0 Å². The summed E-state index contributed by atoms with van der Waals surface area (Å²) in [7, 11) is 0. The quantitative estimate of drug-likeness (QED) is 0.489. The molecule has 1 N–H and O–H groups in total. The zero-order valence-corrected chi connectivity index (χ0v) is 13.6. The molecular formula is C18H12N2O7. The molecule has 3 aromatic rings. The summed E-state index contributed by atoms with van der Waals surface area (Å²) >= 11 is 0. The number of rotatable bonds is 6. The van der Waals surface area contributed by atoms with Gasteiger partial charge in [0.2, 0.25) is 0 Å². The molecule has 0 spiro atoms. The Hall–Kier alpha value is -4.14. The first-order chi connectivity index (χ1) is 12.9. The largest absolute Gasteiger partial charge is 0.508 e. The van der Waals surface area contributed by atoms with Crippen LogP contribution < -0.4 is 9.47 Å². The van der Waals surface area contributed by atoms with Crippen molar-refractivity contribution in [3.8, 4) is 28.7 Å². The van der Waals surface area contributed by atoms with Crippen LogP contribution in [0.2, 0.25) is 0 Å². The Bertz CT molecular complexity index is 908. The Labute approximate surface area is 152 Å². The number of phenols is 1. The van der Waals surface area contributed by atoms with Crippen molar-refractivity contribution in [1.82, 2.24) is 0 Å². The smallest absolute Gasteiger partial charge is 0.269 e. The topological polar surface area (TPSA) is 125 Å². The van der Waals surface area contributed by atoms with Gasteiger partial charge in [0.1, 0.15) is 28.7 Å². The molecule has 0 aliphatic carbocycles. The van der Waals surface area contributed by atoms with Gasteiger partial charge in [0.15, 0.2) is 0 Å². The molecule has 0 saturated carbocycles. The molecule has 0 saturated heterocycles. The number of benzene rings is 3. The van der Waals surface area contributed by atoms with Crippen LogP contribution in [-0.2, 0) is 0 Å². The summed E-state index contributed by atoms with van der Waals surface area (Å²) in [5, 5.41) is 31.2. The number of hydrogen-bond donors (Lipinski definition) is 1. The SMILES string of the molecule is O=[N+]([O-])c1ccc(Oc2cc(O)cc(Oc3ccc([N+](=O)[O-])cc3)c2)cc1. The van der Waals surface area contributed by atoms with Crippen molar-refractivity contribution in [2.45, 2.75) is 0 Å². The third-order valence-electron chi connectivity index (χ3n) is 3.43. The van der Waals surface area contributed by atoms with Gasteiger partial charge in [0.25, 0.3) is 11.4 Å². The van der Waals surface area contributed by atoms with E-state index in [2.05, 4.69) is 0 Å². The van der Waals surface area contributed by atoms with Crippen LogP contribution in [0.3, 0.4) is 0 Å². The van der Waals surface area contributed by atoms with E-state index in [-0.39, 0.29) is 28.6 Å². The molecule has 0 radical (unpaired) electrons. The number of nitrogens with zero attached hydrogens (tertiary/aromatic N) is 2. The average Bonchev–Trinajstić information content (AvgIpc) is 2.62. The Balaban J connectivity index is 1.77. The van der Waals surface area contributed by atoms with Crippen molar-refractivity contribution in [3.05, 3.63) is 87.0 Å². The van der Waals surface area contributed by atoms with Crippen molar-refractivity contribution >= 4 is 11.4 Å². The zero-order chi connectivity index (χ0) is 19.4. The van der Waals surface area contributed by atoms with Crippen LogP contribution in [0.15, 0.2) is 66.7 Å². The molecule has 9 nitrogen and oxygen atoms in total. The molecule has 0 fully saturated rings. The van der Waals surface area contributed by atoms with Crippen LogP contribution in [0.25, 0.3) is 0 Å². The van der Waals surface area contributed by atoms with Crippen molar-refractivity contribution in [2.24, 2.45) is 0 Å². The van der Waals surface area contributed by atoms with E-state index in [0.717, 1.165) is 0 Å². The third kappa shape index (κ3) is 4.48. The predicted molar refractivity (Wildman–Crippen MR) is 94.4 cm³/mol. The number of phenolic OH excluding ortho intramolecular Hbond substituents is 1. The normalized spacial score (nSPS) is 10.2. The lowest BCUT2D eigenvalue weighted by Crippen LogP contribution is -1.90. The van der Waals surface area contributed by atoms with E-state index in [1.807, 2.05) is 0 Å². The van der Waals surface area contributed by atoms with E-state index in [1.54, 1.807) is 0 Å². The van der Waals surface area contributed by atoms with E-state index < -0.39 is 9.85 Å². The van der Waals surface area contributed by atoms with Crippen LogP contribution in [0.5, 0.6) is 28.7 Å². The van der Waals surface area contributed by atoms with Gasteiger partial charge in [0, 0.05) is 42.5 Å². The van der Waals surface area contributed by atoms with Gasteiger partial charge in [-0.3, -0.25) is 20.2 Å². The molecule has 0 bridgehead atoms. The minimum atomic E-state index is -0.520. The van der Waals surface area contributed by atoms with Crippen molar-refractivity contribution < 1.29 is 24.4 Å². The Kier molecular flexibility index (Phi) is 4.84. The van der Waals surface area contributed by atoms with Gasteiger partial charge in [-0.05, 0) is 24.3 Å². The minimum absolute atomic E-state index is 0.0690. The summed E-state index contributed by atoms with van der Waals surface area (Å²) in [6.07, 6.45) is 0. The number of non-ortho nitro benzene ring substituents is 2. The maximum atomic E-state index is 10.7. The van der Waals surface area contributed by atoms with Gasteiger partial charge in [-0.1, -0.05) is 0 Å². The molecule has 0 heterocycles. The Morgan fingerprint density at radius 1 is 0.630 bits per heavy atom. The number of aromatic hydroxyl groups is 1. The van der Waals surface area contributed by atoms with Gasteiger partial charge in [-0.25, -0.2) is 0 Å². The summed E-state index contributed by atoms with van der Waals surface area (Å²) in [4.78, 5) is 20.3. The first-order valence-electron chi connectivity index (χ1n) is 7.59. The zero-order valence-electron chi connectivity index (χ0n) is 13.6. The molecule has 27 heavy (non-hydrogen) atoms. The molecular weight excluding hydrogens is 356 g/mol. The number of nitro groups is 2. The summed E-state index contributed by atoms with van der Waals surface area (Å²) in [6, 6.07) is 15.1. The standard InChI is InChI=1S/C18H12N2O7/c21-14-9-17(26-15-5-1-12(2-6-15)19(22)23)11-18(10-14)27-16-7-3-13(4-8-16)20(24)25/h1-11,21H. The highest BCUT2D eigenvalue weighted by Crippen LogP contribution is 2.33. The van der Waals surface area contributed by atoms with Gasteiger partial charge in [0.05, 0.1) is 9.85 Å². The second kappa shape index (κ2) is 7.40. The highest BCUT2D eigenvalue weighted by molar-refractivity contribution is 5.46. The Morgan fingerprint density at radius 3 is 1.33 bits per heavy atom. The number of ether oxygens (including phenoxy) is 2. The lowest BCUT2D eigenvalue weighted by Gasteiger charge is -2.10. The molecule has 3 rings (SSSR count). The molecule has 136 valence electrons. The minimum Gasteiger partial charge on any atom is -0.508 e. The number of hydrogen-bond acceptors (Lipinski definition) is 7. The summed E-state index contributed by atoms with van der Waals surface area (Å²) in [6.45, 7) is 0. The van der Waals surface area contributed by atoms with Crippen LogP contribution >= 0.6 is 0 Å².